The van der Waals surface area contributed by atoms with E-state index < -0.39 is 73.0 Å². The zero-order valence-electron chi connectivity index (χ0n) is 16.2. The van der Waals surface area contributed by atoms with E-state index in [0.29, 0.717) is 0 Å². The number of carboxylic acid groups (broad SMARTS) is 4. The predicted molar refractivity (Wildman–Crippen MR) is 109 cm³/mol. The second-order valence-electron chi connectivity index (χ2n) is 5.67. The zero-order chi connectivity index (χ0) is 24.6. The molecule has 0 bridgehead atoms. The van der Waals surface area contributed by atoms with E-state index in [1.807, 2.05) is 16.0 Å². The van der Waals surface area contributed by atoms with Crippen molar-refractivity contribution in [3.05, 3.63) is 0 Å². The van der Waals surface area contributed by atoms with E-state index in [4.69, 9.17) is 0 Å². The fourth-order valence-corrected chi connectivity index (χ4v) is 6.19. The number of carbonyl (C=O) groups is 8. The van der Waals surface area contributed by atoms with Crippen LogP contribution in [-0.4, -0.2) is 92.5 Å². The minimum atomic E-state index is -5.37. The third-order valence-electron chi connectivity index (χ3n) is 3.91. The molecule has 0 saturated carbocycles. The number of nitrogens with one attached hydrogen (secondary N) is 4. The molecule has 0 aromatic rings. The fraction of sp³-hybridized carbons (Fsp3) is 0.385. The van der Waals surface area contributed by atoms with Crippen molar-refractivity contribution in [2.75, 3.05) is 26.7 Å². The molecule has 0 spiro atoms. The molecule has 0 unspecified atom stereocenters. The van der Waals surface area contributed by atoms with Gasteiger partial charge >= 0.3 is 174 Å². The van der Waals surface area contributed by atoms with Gasteiger partial charge in [0.1, 0.15) is 0 Å². The molecular formula is C13H22N4O12P2. The normalized spacial score (nSPS) is 11.9. The third kappa shape index (κ3) is 5.03. The van der Waals surface area contributed by atoms with Gasteiger partial charge in [-0.1, -0.05) is 0 Å². The van der Waals surface area contributed by atoms with Gasteiger partial charge in [0.15, 0.2) is 0 Å². The van der Waals surface area contributed by atoms with Crippen molar-refractivity contribution in [1.29, 1.82) is 0 Å². The molecule has 0 aromatic heterocycles. The predicted octanol–water partition coefficient (Wildman–Crippen LogP) is 1.69. The molecule has 4 amide bonds. The molecule has 0 aliphatic rings. The Bertz CT molecular complexity index is 801. The summed E-state index contributed by atoms with van der Waals surface area (Å²) < 4.78 is 0. The van der Waals surface area contributed by atoms with Crippen molar-refractivity contribution in [3.63, 3.8) is 0 Å². The Labute approximate surface area is 174 Å². The SMILES string of the molecule is CCNC(=O)[PH](C(=O)O)(C(=O)O)C(=O)NCCNC(=O)[PH](C(=O)O)(C(=O)O)C(=O)NC. The van der Waals surface area contributed by atoms with Gasteiger partial charge in [0.25, 0.3) is 0 Å². The molecule has 31 heavy (non-hydrogen) atoms. The Morgan fingerprint density at radius 1 is 0.581 bits per heavy atom. The van der Waals surface area contributed by atoms with Gasteiger partial charge in [-0.05, 0) is 0 Å². The Morgan fingerprint density at radius 2 is 0.871 bits per heavy atom. The molecule has 0 aliphatic heterocycles. The van der Waals surface area contributed by atoms with Gasteiger partial charge in [0, 0.05) is 0 Å². The maximum absolute atomic E-state index is 12.2. The van der Waals surface area contributed by atoms with E-state index in [0.717, 1.165) is 7.05 Å². The fourth-order valence-electron chi connectivity index (χ4n) is 2.26. The van der Waals surface area contributed by atoms with Gasteiger partial charge in [0.2, 0.25) is 0 Å². The van der Waals surface area contributed by atoms with Gasteiger partial charge < -0.3 is 0 Å². The van der Waals surface area contributed by atoms with Crippen LogP contribution >= 0.6 is 14.5 Å². The second-order valence-corrected chi connectivity index (χ2v) is 12.2. The van der Waals surface area contributed by atoms with E-state index >= 15 is 0 Å². The Morgan fingerprint density at radius 3 is 1.13 bits per heavy atom. The van der Waals surface area contributed by atoms with Crippen molar-refractivity contribution < 1.29 is 58.8 Å². The van der Waals surface area contributed by atoms with Crippen LogP contribution in [0.5, 0.6) is 0 Å². The average Bonchev–Trinajstić information content (AvgIpc) is 2.64. The summed E-state index contributed by atoms with van der Waals surface area (Å²) in [6.07, 6.45) is 0. The zero-order valence-corrected chi connectivity index (χ0v) is 18.2. The molecule has 0 rings (SSSR count). The Hall–Kier alpha value is -3.38. The first-order valence-electron chi connectivity index (χ1n) is 8.30. The summed E-state index contributed by atoms with van der Waals surface area (Å²) in [5.41, 5.74) is -15.0. The molecule has 18 heteroatoms. The van der Waals surface area contributed by atoms with E-state index in [-0.39, 0.29) is 6.54 Å². The molecule has 0 radical (unpaired) electrons. The van der Waals surface area contributed by atoms with Crippen molar-refractivity contribution in [1.82, 2.24) is 21.3 Å². The van der Waals surface area contributed by atoms with Gasteiger partial charge in [-0.15, -0.1) is 0 Å². The van der Waals surface area contributed by atoms with Crippen LogP contribution in [0.4, 0.5) is 38.4 Å². The number of carbonyl (C=O) groups excluding carboxylic acids is 4. The standard InChI is InChI=1S/C13H22N4O12P2/c1-3-15-7(19)31(12(26)27,13(28)29)9(21)17-5-4-16-8(20)30(10(22)23,11(24)25)6(18)14-2/h30-31H,3-5H2,1-2H3,(H,14,18)(H,15,19)(H,16,20)(H,17,21)(H,22,23)(H,24,25)(H,26,27)(H,28,29). The molecular weight excluding hydrogens is 466 g/mol. The summed E-state index contributed by atoms with van der Waals surface area (Å²) in [6, 6.07) is 0. The molecule has 16 nitrogen and oxygen atoms in total. The van der Waals surface area contributed by atoms with Gasteiger partial charge in [-0.25, -0.2) is 0 Å². The Balaban J connectivity index is 5.50. The summed E-state index contributed by atoms with van der Waals surface area (Å²) in [7, 11) is -9.81. The van der Waals surface area contributed by atoms with Gasteiger partial charge in [-0.2, -0.15) is 0 Å². The van der Waals surface area contributed by atoms with Crippen LogP contribution in [0.25, 0.3) is 0 Å². The van der Waals surface area contributed by atoms with Crippen LogP contribution in [0.1, 0.15) is 6.92 Å². The third-order valence-corrected chi connectivity index (χ3v) is 9.98. The molecule has 176 valence electrons. The van der Waals surface area contributed by atoms with Crippen molar-refractivity contribution >= 4 is 60.0 Å². The molecule has 0 saturated heterocycles. The summed E-state index contributed by atoms with van der Waals surface area (Å²) in [4.78, 5) is 93.9. The summed E-state index contributed by atoms with van der Waals surface area (Å²) in [5.74, 6) is 0. The number of hydrogen-bond donors (Lipinski definition) is 8. The summed E-state index contributed by atoms with van der Waals surface area (Å²) >= 11 is 0. The quantitative estimate of drug-likeness (QED) is 0.144. The second kappa shape index (κ2) is 11.1. The first kappa shape index (κ1) is 27.6. The van der Waals surface area contributed by atoms with Crippen molar-refractivity contribution in [3.8, 4) is 0 Å². The van der Waals surface area contributed by atoms with Crippen LogP contribution in [0.3, 0.4) is 0 Å². The van der Waals surface area contributed by atoms with E-state index in [9.17, 15) is 58.8 Å². The van der Waals surface area contributed by atoms with Crippen LogP contribution in [0.2, 0.25) is 0 Å². The molecule has 0 fully saturated rings. The van der Waals surface area contributed by atoms with Crippen LogP contribution < -0.4 is 21.3 Å². The summed E-state index contributed by atoms with van der Waals surface area (Å²) in [5, 5.41) is 44.2. The van der Waals surface area contributed by atoms with E-state index in [1.54, 1.807) is 5.32 Å². The molecule has 0 atom stereocenters. The van der Waals surface area contributed by atoms with E-state index in [2.05, 4.69) is 0 Å². The monoisotopic (exact) mass is 488 g/mol. The number of rotatable bonds is 12. The number of hydrogen-bond acceptors (Lipinski definition) is 8. The topological polar surface area (TPSA) is 266 Å². The molecule has 0 aromatic carbocycles. The average molecular weight is 488 g/mol. The van der Waals surface area contributed by atoms with E-state index in [1.165, 1.54) is 6.92 Å². The van der Waals surface area contributed by atoms with Crippen molar-refractivity contribution in [2.45, 2.75) is 6.92 Å². The van der Waals surface area contributed by atoms with Crippen LogP contribution in [-0.2, 0) is 0 Å². The molecule has 0 aliphatic carbocycles. The summed E-state index contributed by atoms with van der Waals surface area (Å²) in [6.45, 7) is -0.192. The number of amides is 4. The van der Waals surface area contributed by atoms with Gasteiger partial charge in [-0.3, -0.25) is 0 Å². The van der Waals surface area contributed by atoms with Crippen LogP contribution in [0, 0.1) is 0 Å². The maximum atomic E-state index is 12.2. The van der Waals surface area contributed by atoms with Gasteiger partial charge in [0.05, 0.1) is 0 Å². The first-order chi connectivity index (χ1) is 14.3. The van der Waals surface area contributed by atoms with Crippen LogP contribution in [0.15, 0.2) is 0 Å². The molecule has 8 N–H and O–H groups in total. The molecule has 0 heterocycles. The minimum absolute atomic E-state index is 0.159. The first-order valence-corrected chi connectivity index (χ1v) is 12.3. The Kier molecular flexibility index (Phi) is 9.92. The van der Waals surface area contributed by atoms with Crippen molar-refractivity contribution in [2.24, 2.45) is 0 Å².